The largest absolute Gasteiger partial charge is 0.485 e. The normalized spacial score (nSPS) is 19.1. The molecule has 0 unspecified atom stereocenters. The van der Waals surface area contributed by atoms with E-state index in [9.17, 15) is 9.90 Å². The van der Waals surface area contributed by atoms with Gasteiger partial charge in [0.25, 0.3) is 0 Å². The summed E-state index contributed by atoms with van der Waals surface area (Å²) in [6, 6.07) is 16.2. The van der Waals surface area contributed by atoms with Gasteiger partial charge in [-0.3, -0.25) is 0 Å². The fourth-order valence-electron chi connectivity index (χ4n) is 5.44. The van der Waals surface area contributed by atoms with E-state index in [1.54, 1.807) is 0 Å². The Bertz CT molecular complexity index is 1110. The number of nitrogens with one attached hydrogen (secondary N) is 1. The first-order valence-corrected chi connectivity index (χ1v) is 13.2. The molecule has 1 spiro atoms. The van der Waals surface area contributed by atoms with E-state index >= 15 is 0 Å². The highest BCUT2D eigenvalue weighted by molar-refractivity contribution is 5.89. The maximum absolute atomic E-state index is 12.9. The molecule has 1 saturated heterocycles. The minimum atomic E-state index is -0.233. The topological polar surface area (TPSA) is 65.0 Å². The average molecular weight is 488 g/mol. The van der Waals surface area contributed by atoms with Crippen molar-refractivity contribution in [3.8, 4) is 0 Å². The van der Waals surface area contributed by atoms with E-state index in [1.807, 2.05) is 29.2 Å². The number of carbonyl (C=O) groups excluding carboxylic acids is 1. The minimum absolute atomic E-state index is 0.00165. The fourth-order valence-corrected chi connectivity index (χ4v) is 5.44. The lowest BCUT2D eigenvalue weighted by Gasteiger charge is -2.41. The standard InChI is InChI=1S/C30H37N3O3/c1-2-23-7-9-24(10-8-23)21-33-20-17-30(36-28-6-4-3-5-27(28)33)15-18-32(19-16-30)29(35)31-26-13-11-25(22-34)12-14-26/h4,6-14,34H,2-3,5,15-22H2,1H3,(H,31,35). The monoisotopic (exact) mass is 487 g/mol. The van der Waals surface area contributed by atoms with Crippen molar-refractivity contribution >= 4 is 11.7 Å². The molecule has 6 heteroatoms. The van der Waals surface area contributed by atoms with Crippen LogP contribution in [0.4, 0.5) is 10.5 Å². The van der Waals surface area contributed by atoms with Crippen molar-refractivity contribution in [1.29, 1.82) is 0 Å². The molecule has 0 saturated carbocycles. The lowest BCUT2D eigenvalue weighted by atomic mass is 9.87. The third kappa shape index (κ3) is 5.44. The predicted molar refractivity (Wildman–Crippen MR) is 142 cm³/mol. The van der Waals surface area contributed by atoms with Crippen LogP contribution in [0.15, 0.2) is 72.1 Å². The molecule has 36 heavy (non-hydrogen) atoms. The summed E-state index contributed by atoms with van der Waals surface area (Å²) >= 11 is 0. The highest BCUT2D eigenvalue weighted by Crippen LogP contribution is 2.39. The Morgan fingerprint density at radius 3 is 2.33 bits per heavy atom. The van der Waals surface area contributed by atoms with Gasteiger partial charge in [0.1, 0.15) is 11.4 Å². The smallest absolute Gasteiger partial charge is 0.321 e. The van der Waals surface area contributed by atoms with Gasteiger partial charge in [-0.05, 0) is 54.2 Å². The van der Waals surface area contributed by atoms with Crippen LogP contribution < -0.4 is 5.32 Å². The second-order valence-electron chi connectivity index (χ2n) is 10.2. The highest BCUT2D eigenvalue weighted by atomic mass is 16.5. The van der Waals surface area contributed by atoms with Crippen LogP contribution in [-0.2, 0) is 24.3 Å². The van der Waals surface area contributed by atoms with Crippen molar-refractivity contribution in [2.45, 2.75) is 64.2 Å². The van der Waals surface area contributed by atoms with Crippen molar-refractivity contribution in [3.05, 3.63) is 88.8 Å². The molecule has 2 N–H and O–H groups in total. The van der Waals surface area contributed by atoms with Gasteiger partial charge in [-0.2, -0.15) is 0 Å². The number of carbonyl (C=O) groups is 1. The Kier molecular flexibility index (Phi) is 7.33. The van der Waals surface area contributed by atoms with Crippen LogP contribution in [0, 0.1) is 0 Å². The van der Waals surface area contributed by atoms with Crippen LogP contribution in [0.25, 0.3) is 0 Å². The van der Waals surface area contributed by atoms with Crippen LogP contribution in [0.5, 0.6) is 0 Å². The average Bonchev–Trinajstić information content (AvgIpc) is 3.07. The van der Waals surface area contributed by atoms with Gasteiger partial charge < -0.3 is 25.0 Å². The Morgan fingerprint density at radius 2 is 1.64 bits per heavy atom. The number of benzene rings is 2. The summed E-state index contributed by atoms with van der Waals surface area (Å²) in [6.07, 6.45) is 10.1. The summed E-state index contributed by atoms with van der Waals surface area (Å²) in [5.74, 6) is 1.02. The zero-order valence-corrected chi connectivity index (χ0v) is 21.2. The highest BCUT2D eigenvalue weighted by Gasteiger charge is 2.41. The number of aliphatic hydroxyl groups is 1. The number of amides is 2. The second kappa shape index (κ2) is 10.8. The maximum atomic E-state index is 12.9. The van der Waals surface area contributed by atoms with Crippen LogP contribution in [0.2, 0.25) is 0 Å². The zero-order valence-electron chi connectivity index (χ0n) is 21.2. The van der Waals surface area contributed by atoms with Crippen molar-refractivity contribution in [3.63, 3.8) is 0 Å². The first-order valence-electron chi connectivity index (χ1n) is 13.2. The number of rotatable bonds is 5. The molecule has 0 radical (unpaired) electrons. The molecule has 1 fully saturated rings. The number of hydrogen-bond acceptors (Lipinski definition) is 4. The molecule has 2 heterocycles. The fraction of sp³-hybridized carbons (Fsp3) is 0.433. The molecule has 0 atom stereocenters. The molecule has 6 nitrogen and oxygen atoms in total. The van der Waals surface area contributed by atoms with Crippen molar-refractivity contribution in [2.24, 2.45) is 0 Å². The minimum Gasteiger partial charge on any atom is -0.485 e. The van der Waals surface area contributed by atoms with Crippen molar-refractivity contribution < 1.29 is 14.6 Å². The first-order chi connectivity index (χ1) is 17.6. The molecular formula is C30H37N3O3. The first kappa shape index (κ1) is 24.4. The Hall–Kier alpha value is -3.25. The number of allylic oxidation sites excluding steroid dienone is 3. The van der Waals surface area contributed by atoms with Crippen molar-refractivity contribution in [1.82, 2.24) is 9.80 Å². The third-order valence-electron chi connectivity index (χ3n) is 7.80. The molecule has 2 aromatic carbocycles. The number of hydrogen-bond donors (Lipinski definition) is 2. The summed E-state index contributed by atoms with van der Waals surface area (Å²) in [5.41, 5.74) is 5.37. The van der Waals surface area contributed by atoms with Crippen LogP contribution in [0.1, 0.15) is 55.7 Å². The van der Waals surface area contributed by atoms with Gasteiger partial charge in [-0.15, -0.1) is 0 Å². The Morgan fingerprint density at radius 1 is 0.972 bits per heavy atom. The number of aryl methyl sites for hydroxylation is 1. The lowest BCUT2D eigenvalue weighted by Crippen LogP contribution is -2.49. The lowest BCUT2D eigenvalue weighted by molar-refractivity contribution is -0.0381. The number of anilines is 1. The summed E-state index contributed by atoms with van der Waals surface area (Å²) in [5, 5.41) is 12.2. The number of piperidine rings is 1. The molecule has 1 aliphatic carbocycles. The van der Waals surface area contributed by atoms with Gasteiger partial charge >= 0.3 is 6.03 Å². The van der Waals surface area contributed by atoms with E-state index in [4.69, 9.17) is 4.74 Å². The molecule has 2 aliphatic heterocycles. The summed E-state index contributed by atoms with van der Waals surface area (Å²) < 4.78 is 6.79. The van der Waals surface area contributed by atoms with Gasteiger partial charge in [0.15, 0.2) is 0 Å². The van der Waals surface area contributed by atoms with Crippen molar-refractivity contribution in [2.75, 3.05) is 25.0 Å². The number of nitrogens with zero attached hydrogens (tertiary/aromatic N) is 2. The van der Waals surface area contributed by atoms with Gasteiger partial charge in [-0.1, -0.05) is 49.4 Å². The van der Waals surface area contributed by atoms with Crippen LogP contribution in [0.3, 0.4) is 0 Å². The van der Waals surface area contributed by atoms with E-state index in [0.717, 1.165) is 68.6 Å². The third-order valence-corrected chi connectivity index (χ3v) is 7.80. The molecule has 190 valence electrons. The van der Waals surface area contributed by atoms with E-state index in [0.29, 0.717) is 13.1 Å². The summed E-state index contributed by atoms with van der Waals surface area (Å²) in [7, 11) is 0. The molecule has 0 bridgehead atoms. The zero-order chi connectivity index (χ0) is 25.0. The molecular weight excluding hydrogens is 450 g/mol. The summed E-state index contributed by atoms with van der Waals surface area (Å²) in [4.78, 5) is 17.3. The Balaban J connectivity index is 1.24. The Labute approximate surface area is 214 Å². The molecule has 2 amide bonds. The van der Waals surface area contributed by atoms with E-state index in [2.05, 4.69) is 53.6 Å². The second-order valence-corrected chi connectivity index (χ2v) is 10.2. The number of urea groups is 1. The van der Waals surface area contributed by atoms with E-state index in [-0.39, 0.29) is 18.2 Å². The SMILES string of the molecule is CCc1ccc(CN2CCC3(CCN(C(=O)Nc4ccc(CO)cc4)CC3)OC3=C2CCC=C3)cc1. The summed E-state index contributed by atoms with van der Waals surface area (Å²) in [6.45, 7) is 5.40. The predicted octanol–water partition coefficient (Wildman–Crippen LogP) is 5.59. The quantitative estimate of drug-likeness (QED) is 0.577. The van der Waals surface area contributed by atoms with Gasteiger partial charge in [0.2, 0.25) is 0 Å². The van der Waals surface area contributed by atoms with E-state index < -0.39 is 0 Å². The van der Waals surface area contributed by atoms with Gasteiger partial charge in [0.05, 0.1) is 12.3 Å². The van der Waals surface area contributed by atoms with Gasteiger partial charge in [-0.25, -0.2) is 4.79 Å². The maximum Gasteiger partial charge on any atom is 0.321 e. The number of ether oxygens (including phenoxy) is 1. The molecule has 2 aromatic rings. The number of likely N-dealkylation sites (tertiary alicyclic amines) is 1. The molecule has 5 rings (SSSR count). The molecule has 3 aliphatic rings. The van der Waals surface area contributed by atoms with Gasteiger partial charge in [0, 0.05) is 51.1 Å². The van der Waals surface area contributed by atoms with Crippen LogP contribution >= 0.6 is 0 Å². The van der Waals surface area contributed by atoms with Crippen LogP contribution in [-0.4, -0.2) is 46.2 Å². The van der Waals surface area contributed by atoms with E-state index in [1.165, 1.54) is 16.8 Å². The number of aliphatic hydroxyl groups excluding tert-OH is 1. The molecule has 0 aromatic heterocycles.